The smallest absolute Gasteiger partial charge is 0.224 e. The lowest BCUT2D eigenvalue weighted by molar-refractivity contribution is 0.503. The Bertz CT molecular complexity index is 464. The maximum atomic E-state index is 5.86. The Labute approximate surface area is 105 Å². The third kappa shape index (κ3) is 2.97. The van der Waals surface area contributed by atoms with Gasteiger partial charge < -0.3 is 9.32 Å². The van der Waals surface area contributed by atoms with E-state index in [9.17, 15) is 0 Å². The molecule has 2 rings (SSSR count). The number of rotatable bonds is 4. The molecular formula is C12H14ClN3O. The zero-order valence-corrected chi connectivity index (χ0v) is 10.6. The number of aryl methyl sites for hydroxylation is 1. The van der Waals surface area contributed by atoms with Crippen LogP contribution in [0.2, 0.25) is 5.28 Å². The molecule has 2 heterocycles. The second-order valence-electron chi connectivity index (χ2n) is 3.73. The quantitative estimate of drug-likeness (QED) is 0.784. The van der Waals surface area contributed by atoms with Crippen LogP contribution in [-0.2, 0) is 6.54 Å². The van der Waals surface area contributed by atoms with Crippen LogP contribution < -0.4 is 4.90 Å². The highest BCUT2D eigenvalue weighted by Crippen LogP contribution is 2.17. The second-order valence-corrected chi connectivity index (χ2v) is 4.07. The Morgan fingerprint density at radius 2 is 2.24 bits per heavy atom. The number of nitrogens with zero attached hydrogens (tertiary/aromatic N) is 3. The molecule has 2 aromatic rings. The van der Waals surface area contributed by atoms with Crippen molar-refractivity contribution in [2.24, 2.45) is 0 Å². The number of halogens is 1. The molecule has 5 heteroatoms. The van der Waals surface area contributed by atoms with Gasteiger partial charge in [-0.05, 0) is 37.6 Å². The minimum atomic E-state index is 0.276. The Balaban J connectivity index is 2.22. The molecule has 0 aliphatic carbocycles. The van der Waals surface area contributed by atoms with E-state index < -0.39 is 0 Å². The maximum absolute atomic E-state index is 5.86. The van der Waals surface area contributed by atoms with E-state index in [1.54, 1.807) is 6.26 Å². The van der Waals surface area contributed by atoms with Crippen molar-refractivity contribution in [3.63, 3.8) is 0 Å². The van der Waals surface area contributed by atoms with Gasteiger partial charge in [-0.15, -0.1) is 0 Å². The molecule has 90 valence electrons. The van der Waals surface area contributed by atoms with Crippen molar-refractivity contribution in [2.75, 3.05) is 11.4 Å². The molecule has 0 unspecified atom stereocenters. The summed E-state index contributed by atoms with van der Waals surface area (Å²) < 4.78 is 5.33. The van der Waals surface area contributed by atoms with Crippen LogP contribution in [0.25, 0.3) is 0 Å². The van der Waals surface area contributed by atoms with Gasteiger partial charge in [0.05, 0.1) is 12.8 Å². The Morgan fingerprint density at radius 1 is 1.41 bits per heavy atom. The van der Waals surface area contributed by atoms with Crippen molar-refractivity contribution >= 4 is 17.4 Å². The van der Waals surface area contributed by atoms with Crippen molar-refractivity contribution in [2.45, 2.75) is 20.4 Å². The second kappa shape index (κ2) is 5.19. The van der Waals surface area contributed by atoms with E-state index in [1.165, 1.54) is 0 Å². The van der Waals surface area contributed by atoms with Crippen LogP contribution in [0, 0.1) is 6.92 Å². The standard InChI is InChI=1S/C12H14ClN3O/c1-3-16(8-10-5-4-6-17-10)11-7-9(2)14-12(13)15-11/h4-7H,3,8H2,1-2H3. The molecule has 0 spiro atoms. The summed E-state index contributed by atoms with van der Waals surface area (Å²) in [4.78, 5) is 10.4. The summed E-state index contributed by atoms with van der Waals surface area (Å²) in [5, 5.41) is 0.276. The molecule has 0 aromatic carbocycles. The van der Waals surface area contributed by atoms with Gasteiger partial charge in [-0.2, -0.15) is 0 Å². The highest BCUT2D eigenvalue weighted by molar-refractivity contribution is 6.28. The molecule has 0 saturated carbocycles. The molecule has 0 aliphatic heterocycles. The normalized spacial score (nSPS) is 10.5. The van der Waals surface area contributed by atoms with Crippen molar-refractivity contribution < 1.29 is 4.42 Å². The first-order valence-corrected chi connectivity index (χ1v) is 5.85. The third-order valence-electron chi connectivity index (χ3n) is 2.45. The highest BCUT2D eigenvalue weighted by atomic mass is 35.5. The SMILES string of the molecule is CCN(Cc1ccco1)c1cc(C)nc(Cl)n1. The minimum Gasteiger partial charge on any atom is -0.467 e. The van der Waals surface area contributed by atoms with Gasteiger partial charge in [-0.25, -0.2) is 9.97 Å². The van der Waals surface area contributed by atoms with Gasteiger partial charge in [0.2, 0.25) is 5.28 Å². The molecule has 4 nitrogen and oxygen atoms in total. The number of anilines is 1. The first-order valence-electron chi connectivity index (χ1n) is 5.47. The summed E-state index contributed by atoms with van der Waals surface area (Å²) in [5.74, 6) is 1.72. The lowest BCUT2D eigenvalue weighted by atomic mass is 10.3. The molecule has 0 radical (unpaired) electrons. The third-order valence-corrected chi connectivity index (χ3v) is 2.61. The fourth-order valence-corrected chi connectivity index (χ4v) is 1.84. The van der Waals surface area contributed by atoms with Crippen LogP contribution in [0.3, 0.4) is 0 Å². The van der Waals surface area contributed by atoms with E-state index in [1.807, 2.05) is 25.1 Å². The number of hydrogen-bond acceptors (Lipinski definition) is 4. The largest absolute Gasteiger partial charge is 0.467 e. The molecule has 0 aliphatic rings. The van der Waals surface area contributed by atoms with Crippen molar-refractivity contribution in [3.8, 4) is 0 Å². The number of hydrogen-bond donors (Lipinski definition) is 0. The van der Waals surface area contributed by atoms with Gasteiger partial charge in [-0.1, -0.05) is 0 Å². The van der Waals surface area contributed by atoms with Gasteiger partial charge >= 0.3 is 0 Å². The fourth-order valence-electron chi connectivity index (χ4n) is 1.62. The average molecular weight is 252 g/mol. The molecule has 2 aromatic heterocycles. The van der Waals surface area contributed by atoms with Crippen LogP contribution in [0.4, 0.5) is 5.82 Å². The topological polar surface area (TPSA) is 42.2 Å². The average Bonchev–Trinajstić information content (AvgIpc) is 2.77. The zero-order valence-electron chi connectivity index (χ0n) is 9.85. The Morgan fingerprint density at radius 3 is 2.82 bits per heavy atom. The summed E-state index contributed by atoms with van der Waals surface area (Å²) >= 11 is 5.86. The van der Waals surface area contributed by atoms with E-state index in [0.29, 0.717) is 6.54 Å². The summed E-state index contributed by atoms with van der Waals surface area (Å²) in [6, 6.07) is 5.73. The lowest BCUT2D eigenvalue weighted by Crippen LogP contribution is -2.23. The van der Waals surface area contributed by atoms with Gasteiger partial charge in [-0.3, -0.25) is 0 Å². The zero-order chi connectivity index (χ0) is 12.3. The van der Waals surface area contributed by atoms with E-state index >= 15 is 0 Å². The van der Waals surface area contributed by atoms with Crippen molar-refractivity contribution in [1.29, 1.82) is 0 Å². The first kappa shape index (κ1) is 11.9. The van der Waals surface area contributed by atoms with Gasteiger partial charge in [0.15, 0.2) is 0 Å². The monoisotopic (exact) mass is 251 g/mol. The van der Waals surface area contributed by atoms with E-state index in [0.717, 1.165) is 23.8 Å². The summed E-state index contributed by atoms with van der Waals surface area (Å²) in [5.41, 5.74) is 0.859. The first-order chi connectivity index (χ1) is 8.19. The molecule has 0 atom stereocenters. The number of aromatic nitrogens is 2. The predicted octanol–water partition coefficient (Wildman–Crippen LogP) is 3.06. The van der Waals surface area contributed by atoms with Crippen LogP contribution in [0.15, 0.2) is 28.9 Å². The molecule has 0 saturated heterocycles. The van der Waals surface area contributed by atoms with Crippen molar-refractivity contribution in [1.82, 2.24) is 9.97 Å². The highest BCUT2D eigenvalue weighted by Gasteiger charge is 2.10. The predicted molar refractivity (Wildman–Crippen MR) is 67.2 cm³/mol. The Kier molecular flexibility index (Phi) is 3.64. The number of furan rings is 1. The lowest BCUT2D eigenvalue weighted by Gasteiger charge is -2.20. The molecule has 0 fully saturated rings. The van der Waals surface area contributed by atoms with E-state index in [2.05, 4.69) is 21.8 Å². The van der Waals surface area contributed by atoms with Gasteiger partial charge in [0.25, 0.3) is 0 Å². The van der Waals surface area contributed by atoms with Crippen LogP contribution >= 0.6 is 11.6 Å². The van der Waals surface area contributed by atoms with Crippen molar-refractivity contribution in [3.05, 3.63) is 41.2 Å². The van der Waals surface area contributed by atoms with E-state index in [4.69, 9.17) is 16.0 Å². The minimum absolute atomic E-state index is 0.276. The molecular weight excluding hydrogens is 238 g/mol. The summed E-state index contributed by atoms with van der Waals surface area (Å²) in [6.45, 7) is 5.47. The molecule has 0 bridgehead atoms. The van der Waals surface area contributed by atoms with Crippen LogP contribution in [0.5, 0.6) is 0 Å². The van der Waals surface area contributed by atoms with Gasteiger partial charge in [0, 0.05) is 18.3 Å². The van der Waals surface area contributed by atoms with Crippen LogP contribution in [-0.4, -0.2) is 16.5 Å². The summed E-state index contributed by atoms with van der Waals surface area (Å²) in [6.07, 6.45) is 1.67. The van der Waals surface area contributed by atoms with E-state index in [-0.39, 0.29) is 5.28 Å². The summed E-state index contributed by atoms with van der Waals surface area (Å²) in [7, 11) is 0. The van der Waals surface area contributed by atoms with Crippen LogP contribution in [0.1, 0.15) is 18.4 Å². The maximum Gasteiger partial charge on any atom is 0.224 e. The van der Waals surface area contributed by atoms with Gasteiger partial charge in [0.1, 0.15) is 11.6 Å². The molecule has 17 heavy (non-hydrogen) atoms. The molecule has 0 amide bonds. The molecule has 0 N–H and O–H groups in total. The fraction of sp³-hybridized carbons (Fsp3) is 0.333. The Hall–Kier alpha value is -1.55.